The largest absolute Gasteiger partial charge is 0.472 e. The number of hydrogen-bond donors (Lipinski definition) is 1. The summed E-state index contributed by atoms with van der Waals surface area (Å²) in [7, 11) is 1.41. The van der Waals surface area contributed by atoms with Gasteiger partial charge in [0.15, 0.2) is 6.10 Å². The maximum absolute atomic E-state index is 12.7. The molecular formula is C56H93NO8P+. The number of carbonyl (C=O) groups is 2. The molecular weight excluding hydrogens is 846 g/mol. The molecule has 0 fully saturated rings. The van der Waals surface area contributed by atoms with Crippen LogP contribution < -0.4 is 0 Å². The second-order valence-corrected chi connectivity index (χ2v) is 18.9. The lowest BCUT2D eigenvalue weighted by molar-refractivity contribution is -0.870. The Morgan fingerprint density at radius 1 is 0.470 bits per heavy atom. The van der Waals surface area contributed by atoms with Gasteiger partial charge in [0.1, 0.15) is 19.8 Å². The quantitative estimate of drug-likeness (QED) is 0.0212. The maximum atomic E-state index is 12.7. The molecule has 0 aliphatic heterocycles. The van der Waals surface area contributed by atoms with E-state index in [9.17, 15) is 19.0 Å². The summed E-state index contributed by atoms with van der Waals surface area (Å²) in [4.78, 5) is 35.5. The zero-order valence-electron chi connectivity index (χ0n) is 42.1. The number of rotatable bonds is 44. The van der Waals surface area contributed by atoms with Gasteiger partial charge in [-0.3, -0.25) is 18.6 Å². The Kier molecular flexibility index (Phi) is 44.0. The third kappa shape index (κ3) is 49.8. The van der Waals surface area contributed by atoms with E-state index in [0.717, 1.165) is 96.3 Å². The van der Waals surface area contributed by atoms with E-state index < -0.39 is 32.5 Å². The predicted molar refractivity (Wildman–Crippen MR) is 279 cm³/mol. The number of quaternary nitrogens is 1. The Morgan fingerprint density at radius 3 is 1.27 bits per heavy atom. The average Bonchev–Trinajstić information content (AvgIpc) is 3.27. The molecule has 374 valence electrons. The molecule has 0 aromatic heterocycles. The molecule has 0 heterocycles. The monoisotopic (exact) mass is 939 g/mol. The topological polar surface area (TPSA) is 108 Å². The minimum Gasteiger partial charge on any atom is -0.462 e. The number of carbonyl (C=O) groups excluding carboxylic acids is 2. The number of unbranched alkanes of at least 4 members (excludes halogenated alkanes) is 10. The van der Waals surface area contributed by atoms with Crippen LogP contribution in [0.3, 0.4) is 0 Å². The zero-order chi connectivity index (χ0) is 48.5. The van der Waals surface area contributed by atoms with E-state index in [0.29, 0.717) is 17.4 Å². The minimum absolute atomic E-state index is 0.0104. The van der Waals surface area contributed by atoms with E-state index in [1.165, 1.54) is 38.5 Å². The van der Waals surface area contributed by atoms with E-state index in [1.54, 1.807) is 0 Å². The first kappa shape index (κ1) is 62.4. The van der Waals surface area contributed by atoms with Crippen molar-refractivity contribution in [2.75, 3.05) is 47.5 Å². The molecule has 0 aliphatic rings. The fraction of sp³-hybridized carbons (Fsp3) is 0.607. The van der Waals surface area contributed by atoms with E-state index in [1.807, 2.05) is 33.3 Å². The number of phosphoric ester groups is 1. The highest BCUT2D eigenvalue weighted by Gasteiger charge is 2.27. The van der Waals surface area contributed by atoms with Gasteiger partial charge in [0, 0.05) is 12.8 Å². The van der Waals surface area contributed by atoms with Crippen molar-refractivity contribution in [3.63, 3.8) is 0 Å². The number of phosphoric acid groups is 1. The van der Waals surface area contributed by atoms with E-state index in [2.05, 4.69) is 123 Å². The molecule has 9 nitrogen and oxygen atoms in total. The van der Waals surface area contributed by atoms with Crippen molar-refractivity contribution < 1.29 is 42.1 Å². The Balaban J connectivity index is 4.38. The lowest BCUT2D eigenvalue weighted by Gasteiger charge is -2.24. The summed E-state index contributed by atoms with van der Waals surface area (Å²) in [6.07, 6.45) is 65.5. The van der Waals surface area contributed by atoms with Crippen LogP contribution in [-0.2, 0) is 32.7 Å². The molecule has 0 aromatic carbocycles. The molecule has 0 spiro atoms. The molecule has 2 atom stereocenters. The van der Waals surface area contributed by atoms with Crippen molar-refractivity contribution in [1.29, 1.82) is 0 Å². The van der Waals surface area contributed by atoms with Crippen molar-refractivity contribution in [3.8, 4) is 0 Å². The van der Waals surface area contributed by atoms with Gasteiger partial charge in [-0.25, -0.2) is 4.57 Å². The first-order chi connectivity index (χ1) is 32.0. The van der Waals surface area contributed by atoms with Crippen molar-refractivity contribution in [3.05, 3.63) is 122 Å². The van der Waals surface area contributed by atoms with Crippen LogP contribution in [-0.4, -0.2) is 74.9 Å². The minimum atomic E-state index is -4.41. The number of allylic oxidation sites excluding steroid dienone is 20. The smallest absolute Gasteiger partial charge is 0.462 e. The third-order valence-corrected chi connectivity index (χ3v) is 11.0. The Hall–Kier alpha value is -3.59. The van der Waals surface area contributed by atoms with Crippen molar-refractivity contribution in [1.82, 2.24) is 0 Å². The second kappa shape index (κ2) is 46.5. The molecule has 0 amide bonds. The molecule has 10 heteroatoms. The summed E-state index contributed by atoms with van der Waals surface area (Å²) in [6, 6.07) is 0. The average molecular weight is 939 g/mol. The van der Waals surface area contributed by atoms with Gasteiger partial charge in [-0.2, -0.15) is 0 Å². The highest BCUT2D eigenvalue weighted by atomic mass is 31.2. The van der Waals surface area contributed by atoms with Crippen molar-refractivity contribution in [2.24, 2.45) is 0 Å². The molecule has 66 heavy (non-hydrogen) atoms. The summed E-state index contributed by atoms with van der Waals surface area (Å²) < 4.78 is 34.3. The highest BCUT2D eigenvalue weighted by Crippen LogP contribution is 2.43. The van der Waals surface area contributed by atoms with Gasteiger partial charge in [0.05, 0.1) is 27.7 Å². The third-order valence-electron chi connectivity index (χ3n) is 10.0. The van der Waals surface area contributed by atoms with Crippen molar-refractivity contribution >= 4 is 19.8 Å². The SMILES string of the molecule is CC/C=C\C/C=C\C/C=C\C/C=C\C/C=C\C/C=C\CCC(=O)OC(COC(=O)CCCCCCCCCCCC/C=C\C/C=C\C/C=C\C/C=C\CC)COP(=O)(O)OCC[N+](C)(C)C. The second-order valence-electron chi connectivity index (χ2n) is 17.4. The Labute approximate surface area is 403 Å². The lowest BCUT2D eigenvalue weighted by Crippen LogP contribution is -2.37. The van der Waals surface area contributed by atoms with Gasteiger partial charge in [-0.05, 0) is 89.9 Å². The van der Waals surface area contributed by atoms with Gasteiger partial charge >= 0.3 is 19.8 Å². The highest BCUT2D eigenvalue weighted by molar-refractivity contribution is 7.47. The molecule has 0 aliphatic carbocycles. The summed E-state index contributed by atoms with van der Waals surface area (Å²) in [5.41, 5.74) is 0. The van der Waals surface area contributed by atoms with Crippen LogP contribution >= 0.6 is 7.82 Å². The Morgan fingerprint density at radius 2 is 0.848 bits per heavy atom. The summed E-state index contributed by atoms with van der Waals surface area (Å²) >= 11 is 0. The normalized spacial score (nSPS) is 14.5. The molecule has 0 rings (SSSR count). The number of nitrogens with zero attached hydrogens (tertiary/aromatic N) is 1. The van der Waals surface area contributed by atoms with Crippen LogP contribution in [0.1, 0.15) is 168 Å². The predicted octanol–water partition coefficient (Wildman–Crippen LogP) is 15.2. The molecule has 0 aromatic rings. The molecule has 0 saturated heterocycles. The van der Waals surface area contributed by atoms with Crippen molar-refractivity contribution in [2.45, 2.75) is 174 Å². The fourth-order valence-corrected chi connectivity index (χ4v) is 6.89. The standard InChI is InChI=1S/C56H92NO8P/c1-6-8-10-12-14-16-18-20-22-24-26-27-28-29-31-32-34-36-38-40-42-44-46-48-55(58)62-52-54(53-64-66(60,61)63-51-50-57(3,4)5)65-56(59)49-47-45-43-41-39-37-35-33-30-25-23-21-19-17-15-13-11-9-7-2/h8-11,14-17,20-23,26-27,30,33,37,39,43,45,54H,6-7,12-13,18-19,24-25,28-29,31-32,34-36,38,40-42,44,46-53H2,1-5H3/p+1/b10-8-,11-9-,16-14-,17-15-,22-20-,23-21-,27-26-,33-30-,39-37-,45-43-. The number of hydrogen-bond acceptors (Lipinski definition) is 7. The van der Waals surface area contributed by atoms with Crippen LogP contribution in [0.25, 0.3) is 0 Å². The fourth-order valence-electron chi connectivity index (χ4n) is 6.15. The van der Waals surface area contributed by atoms with Crippen LogP contribution in [0.4, 0.5) is 0 Å². The number of likely N-dealkylation sites (N-methyl/N-ethyl adjacent to an activating group) is 1. The van der Waals surface area contributed by atoms with Crippen LogP contribution in [0.5, 0.6) is 0 Å². The number of esters is 2. The van der Waals surface area contributed by atoms with Gasteiger partial charge in [0.2, 0.25) is 0 Å². The molecule has 0 saturated carbocycles. The van der Waals surface area contributed by atoms with Gasteiger partial charge in [-0.15, -0.1) is 0 Å². The summed E-state index contributed by atoms with van der Waals surface area (Å²) in [5, 5.41) is 0. The van der Waals surface area contributed by atoms with Gasteiger partial charge in [0.25, 0.3) is 0 Å². The molecule has 0 radical (unpaired) electrons. The maximum Gasteiger partial charge on any atom is 0.472 e. The summed E-state index contributed by atoms with van der Waals surface area (Å²) in [6.45, 7) is 4.09. The molecule has 1 N–H and O–H groups in total. The zero-order valence-corrected chi connectivity index (χ0v) is 43.0. The van der Waals surface area contributed by atoms with E-state index in [4.69, 9.17) is 18.5 Å². The Bertz CT molecular complexity index is 1530. The van der Waals surface area contributed by atoms with Gasteiger partial charge in [-0.1, -0.05) is 187 Å². The van der Waals surface area contributed by atoms with Crippen LogP contribution in [0, 0.1) is 0 Å². The van der Waals surface area contributed by atoms with Crippen LogP contribution in [0.15, 0.2) is 122 Å². The lowest BCUT2D eigenvalue weighted by atomic mass is 10.1. The number of ether oxygens (including phenoxy) is 2. The van der Waals surface area contributed by atoms with Gasteiger partial charge < -0.3 is 18.9 Å². The van der Waals surface area contributed by atoms with Crippen LogP contribution in [0.2, 0.25) is 0 Å². The molecule has 0 bridgehead atoms. The first-order valence-corrected chi connectivity index (χ1v) is 26.8. The first-order valence-electron chi connectivity index (χ1n) is 25.3. The molecule has 2 unspecified atom stereocenters. The van der Waals surface area contributed by atoms with E-state index in [-0.39, 0.29) is 26.1 Å². The van der Waals surface area contributed by atoms with E-state index >= 15 is 0 Å². The summed E-state index contributed by atoms with van der Waals surface area (Å²) in [5.74, 6) is -0.912.